The van der Waals surface area contributed by atoms with E-state index in [-0.39, 0.29) is 41.0 Å². The van der Waals surface area contributed by atoms with Crippen molar-refractivity contribution in [1.82, 2.24) is 10.2 Å². The molecule has 0 aromatic heterocycles. The normalized spacial score (nSPS) is 22.2. The Bertz CT molecular complexity index is 855. The second-order valence-corrected chi connectivity index (χ2v) is 7.25. The summed E-state index contributed by atoms with van der Waals surface area (Å²) in [5.41, 5.74) is 6.93. The molecule has 28 heavy (non-hydrogen) atoms. The number of phenolic OH excluding ortho intramolecular Hbond substituents is 1. The molecule has 2 aliphatic rings. The number of nitrogens with one attached hydrogen (secondary N) is 1. The summed E-state index contributed by atoms with van der Waals surface area (Å²) >= 11 is 1.39. The number of nitrogens with zero attached hydrogens (tertiary/aromatic N) is 1. The number of hydrogen-bond donors (Lipinski definition) is 4. The molecule has 1 fully saturated rings. The zero-order valence-electron chi connectivity index (χ0n) is 14.5. The zero-order valence-corrected chi connectivity index (χ0v) is 15.3. The number of thioether (sulfide) groups is 1. The van der Waals surface area contributed by atoms with Crippen LogP contribution in [0, 0.1) is 0 Å². The number of rotatable bonds is 5. The fraction of sp³-hybridized carbons (Fsp3) is 0.278. The molecule has 5 N–H and O–H groups in total. The summed E-state index contributed by atoms with van der Waals surface area (Å²) in [6.07, 6.45) is 3.39. The first-order valence-electron chi connectivity index (χ1n) is 8.24. The van der Waals surface area contributed by atoms with E-state index in [0.717, 1.165) is 0 Å². The molecular weight excluding hydrogens is 393 g/mol. The predicted octanol–water partition coefficient (Wildman–Crippen LogP) is 0.0582. The Morgan fingerprint density at radius 2 is 2.00 bits per heavy atom. The van der Waals surface area contributed by atoms with Gasteiger partial charge in [-0.2, -0.15) is 0 Å². The number of allylic oxidation sites excluding steroid dienone is 2. The van der Waals surface area contributed by atoms with Crippen molar-refractivity contribution in [2.45, 2.75) is 24.4 Å². The van der Waals surface area contributed by atoms with E-state index in [0.29, 0.717) is 16.9 Å². The van der Waals surface area contributed by atoms with Crippen LogP contribution in [-0.4, -0.2) is 79.6 Å². The SMILES string of the molecule is CC=CC1=C(C(=O)O)N2C(=O)[C@@H](NC(=O)[C@H](N)c3ccc(O)cc3)[C@H]2SC1.[NaH]. The molecule has 0 unspecified atom stereocenters. The van der Waals surface area contributed by atoms with Crippen LogP contribution >= 0.6 is 11.8 Å². The third kappa shape index (κ3) is 4.13. The number of carbonyl (C=O) groups excluding carboxylic acids is 2. The monoisotopic (exact) mass is 413 g/mol. The number of β-lactam (4-membered cyclic amide) rings is 1. The van der Waals surface area contributed by atoms with Crippen molar-refractivity contribution in [1.29, 1.82) is 0 Å². The number of carboxylic acid groups (broad SMARTS) is 1. The molecular formula is C18H20N3NaO5S. The Morgan fingerprint density at radius 3 is 2.57 bits per heavy atom. The van der Waals surface area contributed by atoms with Crippen molar-refractivity contribution < 1.29 is 24.6 Å². The number of fused-ring (bicyclic) bond motifs is 1. The van der Waals surface area contributed by atoms with E-state index in [1.54, 1.807) is 19.1 Å². The van der Waals surface area contributed by atoms with Gasteiger partial charge in [0.15, 0.2) is 0 Å². The number of amides is 2. The molecule has 1 aromatic rings. The van der Waals surface area contributed by atoms with Crippen LogP contribution in [0.1, 0.15) is 18.5 Å². The van der Waals surface area contributed by atoms with Crippen molar-refractivity contribution in [2.75, 3.05) is 5.75 Å². The number of phenols is 1. The topological polar surface area (TPSA) is 133 Å². The van der Waals surface area contributed by atoms with Crippen LogP contribution in [0.15, 0.2) is 47.7 Å². The van der Waals surface area contributed by atoms with Crippen LogP contribution in [0.25, 0.3) is 0 Å². The van der Waals surface area contributed by atoms with Crippen molar-refractivity contribution in [3.8, 4) is 5.75 Å². The Hall–Kier alpha value is -1.78. The van der Waals surface area contributed by atoms with E-state index in [2.05, 4.69) is 5.32 Å². The van der Waals surface area contributed by atoms with E-state index in [1.165, 1.54) is 40.9 Å². The van der Waals surface area contributed by atoms with Crippen molar-refractivity contribution >= 4 is 59.1 Å². The molecule has 2 heterocycles. The number of hydrogen-bond acceptors (Lipinski definition) is 6. The van der Waals surface area contributed by atoms with Gasteiger partial charge in [0.05, 0.1) is 0 Å². The fourth-order valence-electron chi connectivity index (χ4n) is 3.05. The molecule has 0 aliphatic carbocycles. The molecule has 2 aliphatic heterocycles. The molecule has 3 atom stereocenters. The Labute approximate surface area is 188 Å². The summed E-state index contributed by atoms with van der Waals surface area (Å²) in [6.45, 7) is 1.77. The minimum absolute atomic E-state index is 0. The average molecular weight is 413 g/mol. The maximum atomic E-state index is 12.5. The summed E-state index contributed by atoms with van der Waals surface area (Å²) in [5, 5.41) is 20.9. The molecule has 10 heteroatoms. The number of nitrogens with two attached hydrogens (primary N) is 1. The van der Waals surface area contributed by atoms with Crippen LogP contribution in [0.2, 0.25) is 0 Å². The molecule has 0 radical (unpaired) electrons. The van der Waals surface area contributed by atoms with Crippen LogP contribution in [0.3, 0.4) is 0 Å². The molecule has 1 aromatic carbocycles. The number of aromatic hydroxyl groups is 1. The Balaban J connectivity index is 0.00000280. The van der Waals surface area contributed by atoms with Crippen molar-refractivity contribution in [3.63, 3.8) is 0 Å². The third-order valence-electron chi connectivity index (χ3n) is 4.40. The molecule has 2 amide bonds. The third-order valence-corrected chi connectivity index (χ3v) is 5.70. The van der Waals surface area contributed by atoms with E-state index < -0.39 is 35.2 Å². The number of benzene rings is 1. The molecule has 144 valence electrons. The van der Waals surface area contributed by atoms with E-state index in [9.17, 15) is 24.6 Å². The molecule has 8 nitrogen and oxygen atoms in total. The van der Waals surface area contributed by atoms with Gasteiger partial charge in [0.1, 0.15) is 28.9 Å². The van der Waals surface area contributed by atoms with Crippen molar-refractivity contribution in [2.24, 2.45) is 5.73 Å². The predicted molar refractivity (Wildman–Crippen MR) is 107 cm³/mol. The minimum atomic E-state index is -1.17. The molecule has 0 saturated carbocycles. The van der Waals surface area contributed by atoms with Gasteiger partial charge < -0.3 is 21.3 Å². The first kappa shape index (κ1) is 22.5. The summed E-state index contributed by atoms with van der Waals surface area (Å²) in [6, 6.07) is 4.06. The number of aliphatic carboxylic acids is 1. The Kier molecular flexibility index (Phi) is 7.35. The van der Waals surface area contributed by atoms with Gasteiger partial charge in [0.2, 0.25) is 5.91 Å². The van der Waals surface area contributed by atoms with Gasteiger partial charge in [-0.15, -0.1) is 11.8 Å². The second kappa shape index (κ2) is 9.15. The summed E-state index contributed by atoms with van der Waals surface area (Å²) in [5.74, 6) is -1.71. The van der Waals surface area contributed by atoms with E-state index >= 15 is 0 Å². The van der Waals surface area contributed by atoms with E-state index in [1.807, 2.05) is 0 Å². The van der Waals surface area contributed by atoms with Gasteiger partial charge in [-0.05, 0) is 30.2 Å². The molecule has 3 rings (SSSR count). The quantitative estimate of drug-likeness (QED) is 0.396. The van der Waals surface area contributed by atoms with Crippen LogP contribution in [0.4, 0.5) is 0 Å². The van der Waals surface area contributed by atoms with Gasteiger partial charge in [0, 0.05) is 5.75 Å². The fourth-order valence-corrected chi connectivity index (χ4v) is 4.37. The molecule has 0 spiro atoms. The molecule has 1 saturated heterocycles. The van der Waals surface area contributed by atoms with Crippen LogP contribution in [0.5, 0.6) is 5.75 Å². The van der Waals surface area contributed by atoms with E-state index in [4.69, 9.17) is 5.73 Å². The van der Waals surface area contributed by atoms with Gasteiger partial charge in [0.25, 0.3) is 5.91 Å². The number of carbonyl (C=O) groups is 3. The summed E-state index contributed by atoms with van der Waals surface area (Å²) in [4.78, 5) is 37.7. The van der Waals surface area contributed by atoms with Crippen LogP contribution < -0.4 is 11.1 Å². The number of carboxylic acids is 1. The zero-order chi connectivity index (χ0) is 19.7. The van der Waals surface area contributed by atoms with Gasteiger partial charge in [-0.25, -0.2) is 4.79 Å². The summed E-state index contributed by atoms with van der Waals surface area (Å²) in [7, 11) is 0. The average Bonchev–Trinajstić information content (AvgIpc) is 2.65. The Morgan fingerprint density at radius 1 is 1.36 bits per heavy atom. The second-order valence-electron chi connectivity index (χ2n) is 6.14. The van der Waals surface area contributed by atoms with Crippen LogP contribution in [-0.2, 0) is 14.4 Å². The molecule has 0 bridgehead atoms. The standard InChI is InChI=1S/C18H19N3O5S.Na.H/c1-2-3-10-8-27-17-13(16(24)21(17)14(10)18(25)26)20-15(23)12(19)9-4-6-11(22)7-5-9;;/h2-7,12-13,17,22H,8,19H2,1H3,(H,20,23)(H,25,26);;/t12-,13-,17-;;/m1../s1. The van der Waals surface area contributed by atoms with Crippen molar-refractivity contribution in [3.05, 3.63) is 53.3 Å². The van der Waals surface area contributed by atoms with Gasteiger partial charge >= 0.3 is 35.5 Å². The van der Waals surface area contributed by atoms with Gasteiger partial charge in [-0.3, -0.25) is 14.5 Å². The first-order valence-corrected chi connectivity index (χ1v) is 9.28. The first-order chi connectivity index (χ1) is 12.8. The summed E-state index contributed by atoms with van der Waals surface area (Å²) < 4.78 is 0. The van der Waals surface area contributed by atoms with Gasteiger partial charge in [-0.1, -0.05) is 24.3 Å². The maximum absolute atomic E-state index is 12.5.